The van der Waals surface area contributed by atoms with E-state index in [1.165, 1.54) is 0 Å². The molecule has 0 spiro atoms. The maximum atomic E-state index is 12.2. The van der Waals surface area contributed by atoms with E-state index in [1.54, 1.807) is 20.9 Å². The molecule has 8 nitrogen and oxygen atoms in total. The highest BCUT2D eigenvalue weighted by molar-refractivity contribution is 14.0. The van der Waals surface area contributed by atoms with Gasteiger partial charge < -0.3 is 20.3 Å². The summed E-state index contributed by atoms with van der Waals surface area (Å²) in [6.07, 6.45) is -0.455. The first kappa shape index (κ1) is 27.2. The van der Waals surface area contributed by atoms with Crippen molar-refractivity contribution in [3.8, 4) is 0 Å². The van der Waals surface area contributed by atoms with Crippen molar-refractivity contribution >= 4 is 45.9 Å². The van der Waals surface area contributed by atoms with Crippen LogP contribution in [0, 0.1) is 5.92 Å². The SMILES string of the molecule is CN=C(NCC(NC(=O)OC(C)(C)C)C(C)C)N1CCS(=O)(=O)C(C)(C)C1.I. The number of amides is 1. The average Bonchev–Trinajstić information content (AvgIpc) is 2.48. The first-order valence-corrected chi connectivity index (χ1v) is 11.0. The lowest BCUT2D eigenvalue weighted by Crippen LogP contribution is -2.58. The third kappa shape index (κ3) is 7.92. The molecule has 0 bridgehead atoms. The molecule has 1 saturated heterocycles. The molecule has 2 N–H and O–H groups in total. The zero-order chi connectivity index (χ0) is 21.0. The maximum Gasteiger partial charge on any atom is 0.407 e. The van der Waals surface area contributed by atoms with Gasteiger partial charge in [-0.1, -0.05) is 13.8 Å². The number of guanidine groups is 1. The Morgan fingerprint density at radius 1 is 1.29 bits per heavy atom. The van der Waals surface area contributed by atoms with Gasteiger partial charge in [0.05, 0.1) is 16.5 Å². The van der Waals surface area contributed by atoms with Crippen molar-refractivity contribution < 1.29 is 17.9 Å². The van der Waals surface area contributed by atoms with Crippen LogP contribution in [-0.2, 0) is 14.6 Å². The van der Waals surface area contributed by atoms with Gasteiger partial charge in [0.1, 0.15) is 5.60 Å². The van der Waals surface area contributed by atoms with Crippen LogP contribution in [0.4, 0.5) is 4.79 Å². The monoisotopic (exact) mass is 532 g/mol. The smallest absolute Gasteiger partial charge is 0.407 e. The van der Waals surface area contributed by atoms with E-state index in [0.717, 1.165) is 0 Å². The summed E-state index contributed by atoms with van der Waals surface area (Å²) >= 11 is 0. The fraction of sp³-hybridized carbons (Fsp3) is 0.889. The Balaban J connectivity index is 0.00000729. The lowest BCUT2D eigenvalue weighted by atomic mass is 10.0. The standard InChI is InChI=1S/C18H36N4O4S.HI/c1-13(2)14(21-16(23)26-17(3,4)5)11-20-15(19-8)22-9-10-27(24,25)18(6,7)12-22;/h13-14H,9-12H2,1-8H3,(H,19,20)(H,21,23);1H. The van der Waals surface area contributed by atoms with Crippen LogP contribution in [0.3, 0.4) is 0 Å². The van der Waals surface area contributed by atoms with Gasteiger partial charge in [0.2, 0.25) is 0 Å². The van der Waals surface area contributed by atoms with Crippen molar-refractivity contribution in [1.82, 2.24) is 15.5 Å². The molecule has 0 aromatic carbocycles. The number of hydrogen-bond acceptors (Lipinski definition) is 5. The Bertz CT molecular complexity index is 657. The summed E-state index contributed by atoms with van der Waals surface area (Å²) in [6.45, 7) is 14.2. The molecule has 0 saturated carbocycles. The minimum Gasteiger partial charge on any atom is -0.444 e. The predicted molar refractivity (Wildman–Crippen MR) is 124 cm³/mol. The van der Waals surface area contributed by atoms with Crippen molar-refractivity contribution in [1.29, 1.82) is 0 Å². The van der Waals surface area contributed by atoms with Crippen LogP contribution < -0.4 is 10.6 Å². The molecule has 1 atom stereocenters. The van der Waals surface area contributed by atoms with E-state index in [9.17, 15) is 13.2 Å². The third-order valence-corrected chi connectivity index (χ3v) is 7.07. The molecule has 1 unspecified atom stereocenters. The Labute approximate surface area is 187 Å². The van der Waals surface area contributed by atoms with Crippen LogP contribution in [0.5, 0.6) is 0 Å². The Hall–Kier alpha value is -0.780. The molecule has 0 aromatic heterocycles. The van der Waals surface area contributed by atoms with Gasteiger partial charge in [0.15, 0.2) is 15.8 Å². The molecule has 1 aliphatic heterocycles. The highest BCUT2D eigenvalue weighted by atomic mass is 127. The first-order valence-electron chi connectivity index (χ1n) is 9.36. The molecular weight excluding hydrogens is 495 g/mol. The van der Waals surface area contributed by atoms with Crippen LogP contribution in [0.15, 0.2) is 4.99 Å². The van der Waals surface area contributed by atoms with E-state index in [2.05, 4.69) is 15.6 Å². The van der Waals surface area contributed by atoms with Gasteiger partial charge >= 0.3 is 6.09 Å². The number of halogens is 1. The summed E-state index contributed by atoms with van der Waals surface area (Å²) in [6, 6.07) is -0.155. The van der Waals surface area contributed by atoms with Crippen LogP contribution in [0.25, 0.3) is 0 Å². The number of nitrogens with one attached hydrogen (secondary N) is 2. The van der Waals surface area contributed by atoms with E-state index in [4.69, 9.17) is 4.74 Å². The summed E-state index contributed by atoms with van der Waals surface area (Å²) in [4.78, 5) is 18.3. The van der Waals surface area contributed by atoms with Crippen molar-refractivity contribution in [3.05, 3.63) is 0 Å². The summed E-state index contributed by atoms with van der Waals surface area (Å²) in [7, 11) is -1.44. The topological polar surface area (TPSA) is 100 Å². The molecule has 1 aliphatic rings. The van der Waals surface area contributed by atoms with Crippen molar-refractivity contribution in [2.45, 2.75) is 64.9 Å². The summed E-state index contributed by atoms with van der Waals surface area (Å²) < 4.78 is 28.9. The molecule has 1 rings (SSSR count). The average molecular weight is 532 g/mol. The second kappa shape index (κ2) is 10.3. The van der Waals surface area contributed by atoms with Gasteiger partial charge in [-0.2, -0.15) is 0 Å². The fourth-order valence-electron chi connectivity index (χ4n) is 2.77. The van der Waals surface area contributed by atoms with Gasteiger partial charge in [-0.3, -0.25) is 4.99 Å². The zero-order valence-electron chi connectivity index (χ0n) is 18.3. The Morgan fingerprint density at radius 3 is 2.29 bits per heavy atom. The van der Waals surface area contributed by atoms with Crippen molar-refractivity contribution in [2.75, 3.05) is 32.4 Å². The van der Waals surface area contributed by atoms with E-state index in [0.29, 0.717) is 25.6 Å². The summed E-state index contributed by atoms with van der Waals surface area (Å²) in [5.41, 5.74) is -0.556. The highest BCUT2D eigenvalue weighted by Crippen LogP contribution is 2.23. The normalized spacial score (nSPS) is 20.2. The highest BCUT2D eigenvalue weighted by Gasteiger charge is 2.41. The number of rotatable bonds is 4. The van der Waals surface area contributed by atoms with Gasteiger partial charge in [0, 0.05) is 26.7 Å². The summed E-state index contributed by atoms with van der Waals surface area (Å²) in [5, 5.41) is 6.16. The number of carbonyl (C=O) groups excluding carboxylic acids is 1. The minimum atomic E-state index is -3.11. The molecule has 1 fully saturated rings. The van der Waals surface area contributed by atoms with Crippen molar-refractivity contribution in [2.24, 2.45) is 10.9 Å². The van der Waals surface area contributed by atoms with E-state index in [1.807, 2.05) is 39.5 Å². The van der Waals surface area contributed by atoms with E-state index >= 15 is 0 Å². The molecule has 1 heterocycles. The predicted octanol–water partition coefficient (Wildman–Crippen LogP) is 2.24. The number of ether oxygens (including phenoxy) is 1. The van der Waals surface area contributed by atoms with E-state index in [-0.39, 0.29) is 41.7 Å². The number of hydrogen-bond donors (Lipinski definition) is 2. The minimum absolute atomic E-state index is 0. The molecule has 0 aromatic rings. The Morgan fingerprint density at radius 2 is 1.86 bits per heavy atom. The lowest BCUT2D eigenvalue weighted by Gasteiger charge is -2.39. The molecular formula is C18H37IN4O4S. The Kier molecular flexibility index (Phi) is 10.0. The van der Waals surface area contributed by atoms with Crippen molar-refractivity contribution in [3.63, 3.8) is 0 Å². The van der Waals surface area contributed by atoms with Crippen LogP contribution in [0.2, 0.25) is 0 Å². The first-order chi connectivity index (χ1) is 12.2. The maximum absolute atomic E-state index is 12.2. The number of alkyl carbamates (subject to hydrolysis) is 1. The second-order valence-corrected chi connectivity index (χ2v) is 11.7. The molecule has 10 heteroatoms. The lowest BCUT2D eigenvalue weighted by molar-refractivity contribution is 0.0491. The number of nitrogens with zero attached hydrogens (tertiary/aromatic N) is 2. The third-order valence-electron chi connectivity index (χ3n) is 4.54. The zero-order valence-corrected chi connectivity index (χ0v) is 21.5. The van der Waals surface area contributed by atoms with Crippen LogP contribution in [-0.4, -0.2) is 74.2 Å². The van der Waals surface area contributed by atoms with Crippen LogP contribution >= 0.6 is 24.0 Å². The molecule has 0 radical (unpaired) electrons. The summed E-state index contributed by atoms with van der Waals surface area (Å²) in [5.74, 6) is 0.917. The fourth-order valence-corrected chi connectivity index (χ4v) is 4.14. The quantitative estimate of drug-likeness (QED) is 0.327. The molecule has 1 amide bonds. The second-order valence-electron chi connectivity index (χ2n) is 8.92. The number of carbonyl (C=O) groups is 1. The van der Waals surface area contributed by atoms with Gasteiger partial charge in [-0.15, -0.1) is 24.0 Å². The van der Waals surface area contributed by atoms with E-state index < -0.39 is 26.3 Å². The molecule has 166 valence electrons. The van der Waals surface area contributed by atoms with Gasteiger partial charge in [0.25, 0.3) is 0 Å². The molecule has 0 aliphatic carbocycles. The number of aliphatic imine (C=N–C) groups is 1. The molecule has 28 heavy (non-hydrogen) atoms. The van der Waals surface area contributed by atoms with Crippen LogP contribution in [0.1, 0.15) is 48.5 Å². The van der Waals surface area contributed by atoms with Gasteiger partial charge in [-0.25, -0.2) is 13.2 Å². The largest absolute Gasteiger partial charge is 0.444 e. The van der Waals surface area contributed by atoms with Gasteiger partial charge in [-0.05, 0) is 40.5 Å². The number of sulfone groups is 1.